The lowest BCUT2D eigenvalue weighted by Gasteiger charge is -2.43. The summed E-state index contributed by atoms with van der Waals surface area (Å²) >= 11 is 0. The molecule has 3 aromatic rings. The summed E-state index contributed by atoms with van der Waals surface area (Å²) < 4.78 is 33.7. The molecule has 0 saturated heterocycles. The maximum Gasteiger partial charge on any atom is 0.261 e. The van der Waals surface area contributed by atoms with Crippen LogP contribution in [0.5, 0.6) is 5.75 Å². The fourth-order valence-corrected chi connectivity index (χ4v) is 12.9. The van der Waals surface area contributed by atoms with Crippen LogP contribution in [0.15, 0.2) is 102 Å². The number of allylic oxidation sites excluding steroid dienone is 1. The monoisotopic (exact) mass is 634 g/mol. The first-order valence-corrected chi connectivity index (χ1v) is 19.0. The van der Waals surface area contributed by atoms with E-state index in [1.54, 1.807) is 18.2 Å². The van der Waals surface area contributed by atoms with Crippen LogP contribution >= 0.6 is 0 Å². The van der Waals surface area contributed by atoms with Crippen molar-refractivity contribution in [1.29, 1.82) is 0 Å². The molecule has 44 heavy (non-hydrogen) atoms. The summed E-state index contributed by atoms with van der Waals surface area (Å²) in [5.74, 6) is -0.0590. The molecule has 0 aliphatic carbocycles. The predicted octanol–water partition coefficient (Wildman–Crippen LogP) is 5.38. The molecule has 1 aliphatic rings. The maximum absolute atomic E-state index is 13.3. The van der Waals surface area contributed by atoms with Gasteiger partial charge in [-0.3, -0.25) is 0 Å². The van der Waals surface area contributed by atoms with Crippen LogP contribution < -0.4 is 10.4 Å². The van der Waals surface area contributed by atoms with Gasteiger partial charge in [-0.15, -0.1) is 0 Å². The third-order valence-electron chi connectivity index (χ3n) is 8.52. The van der Waals surface area contributed by atoms with Crippen LogP contribution in [0.4, 0.5) is 0 Å². The normalized spacial score (nSPS) is 18.0. The van der Waals surface area contributed by atoms with Gasteiger partial charge < -0.3 is 19.7 Å². The highest BCUT2D eigenvalue weighted by Gasteiger charge is 2.51. The average Bonchev–Trinajstić information content (AvgIpc) is 3.25. The van der Waals surface area contributed by atoms with Gasteiger partial charge in [-0.25, -0.2) is 8.42 Å². The molecule has 0 saturated carbocycles. The number of rotatable bonds is 13. The van der Waals surface area contributed by atoms with E-state index in [-0.39, 0.29) is 23.1 Å². The Bertz CT molecular complexity index is 1520. The molecule has 1 heterocycles. The molecule has 3 N–H and O–H groups in total. The Morgan fingerprint density at radius 1 is 0.977 bits per heavy atom. The minimum atomic E-state index is -3.71. The summed E-state index contributed by atoms with van der Waals surface area (Å²) in [6.45, 7) is 8.05. The molecule has 236 valence electrons. The lowest BCUT2D eigenvalue weighted by molar-refractivity contribution is 0.186. The number of phenolic OH excluding ortho intramolecular Hbond substituents is 1. The second kappa shape index (κ2) is 14.4. The molecule has 0 spiro atoms. The quantitative estimate of drug-likeness (QED) is 0.172. The Morgan fingerprint density at radius 3 is 2.11 bits per heavy atom. The van der Waals surface area contributed by atoms with Crippen LogP contribution in [-0.2, 0) is 14.3 Å². The molecule has 0 amide bonds. The Balaban J connectivity index is 1.70. The summed E-state index contributed by atoms with van der Waals surface area (Å²) in [4.78, 5) is 0. The van der Waals surface area contributed by atoms with Gasteiger partial charge in [0.2, 0.25) is 0 Å². The van der Waals surface area contributed by atoms with Gasteiger partial charge >= 0.3 is 0 Å². The number of hydrogen-bond acceptors (Lipinski definition) is 6. The van der Waals surface area contributed by atoms with Crippen LogP contribution in [0.3, 0.4) is 0 Å². The van der Waals surface area contributed by atoms with Crippen molar-refractivity contribution in [2.75, 3.05) is 19.0 Å². The van der Waals surface area contributed by atoms with E-state index in [0.717, 1.165) is 34.4 Å². The standard InChI is InChI=1S/C36H46O6SSi/c1-5-13-27(22-28-14-12-15-30(38)23-28)20-21-33(39)35-29(26-43(40,41)34(35)24-37)25-42-44(36(2,3)4,31-16-8-6-9-17-31)32-18-10-7-11-19-32/h6-12,14-19,22-23,33-34,37-39H,5,13,20-21,24-26H2,1-4H3/b27-22+/t33-,34+/m1/s1. The number of aliphatic hydroxyl groups is 2. The first-order valence-electron chi connectivity index (χ1n) is 15.4. The number of hydrogen-bond donors (Lipinski definition) is 3. The number of sulfone groups is 1. The van der Waals surface area contributed by atoms with Crippen LogP contribution in [-0.4, -0.2) is 62.4 Å². The molecule has 3 aromatic carbocycles. The van der Waals surface area contributed by atoms with Crippen LogP contribution in [0, 0.1) is 0 Å². The van der Waals surface area contributed by atoms with E-state index in [2.05, 4.69) is 52.0 Å². The molecule has 4 rings (SSSR count). The van der Waals surface area contributed by atoms with Gasteiger partial charge in [0.05, 0.1) is 25.1 Å². The number of phenols is 1. The fourth-order valence-electron chi connectivity index (χ4n) is 6.51. The molecule has 0 radical (unpaired) electrons. The molecule has 0 aromatic heterocycles. The van der Waals surface area contributed by atoms with E-state index in [1.165, 1.54) is 0 Å². The van der Waals surface area contributed by atoms with Crippen molar-refractivity contribution >= 4 is 34.6 Å². The zero-order valence-electron chi connectivity index (χ0n) is 26.2. The first kappa shape index (κ1) is 33.9. The van der Waals surface area contributed by atoms with Crippen LogP contribution in [0.2, 0.25) is 5.04 Å². The predicted molar refractivity (Wildman–Crippen MR) is 181 cm³/mol. The molecule has 0 fully saturated rings. The van der Waals surface area contributed by atoms with Gasteiger partial charge in [0.25, 0.3) is 8.32 Å². The second-order valence-electron chi connectivity index (χ2n) is 12.7. The average molecular weight is 635 g/mol. The van der Waals surface area contributed by atoms with Crippen molar-refractivity contribution < 1.29 is 28.2 Å². The van der Waals surface area contributed by atoms with Crippen molar-refractivity contribution in [3.63, 3.8) is 0 Å². The van der Waals surface area contributed by atoms with Crippen molar-refractivity contribution in [1.82, 2.24) is 0 Å². The number of aromatic hydroxyl groups is 1. The van der Waals surface area contributed by atoms with Gasteiger partial charge in [0, 0.05) is 0 Å². The highest BCUT2D eigenvalue weighted by atomic mass is 32.2. The van der Waals surface area contributed by atoms with Gasteiger partial charge in [0.15, 0.2) is 9.84 Å². The molecule has 8 heteroatoms. The molecule has 0 unspecified atom stereocenters. The van der Waals surface area contributed by atoms with Gasteiger partial charge in [-0.1, -0.05) is 119 Å². The zero-order valence-corrected chi connectivity index (χ0v) is 28.1. The minimum Gasteiger partial charge on any atom is -0.508 e. The zero-order chi connectivity index (χ0) is 32.0. The third kappa shape index (κ3) is 7.43. The second-order valence-corrected chi connectivity index (χ2v) is 19.2. The van der Waals surface area contributed by atoms with E-state index >= 15 is 0 Å². The van der Waals surface area contributed by atoms with Gasteiger partial charge in [0.1, 0.15) is 11.0 Å². The van der Waals surface area contributed by atoms with E-state index in [0.29, 0.717) is 24.0 Å². The summed E-state index contributed by atoms with van der Waals surface area (Å²) in [6.07, 6.45) is 3.56. The Hall–Kier alpha value is -3.01. The topological polar surface area (TPSA) is 104 Å². The number of aliphatic hydroxyl groups excluding tert-OH is 2. The van der Waals surface area contributed by atoms with Gasteiger partial charge in [-0.05, 0) is 63.5 Å². The van der Waals surface area contributed by atoms with Crippen molar-refractivity contribution in [3.8, 4) is 5.75 Å². The largest absolute Gasteiger partial charge is 0.508 e. The SMILES string of the molecule is CCC/C(=C\c1cccc(O)c1)CC[C@@H](O)C1=C(CO[Si](c2ccccc2)(c2ccccc2)C(C)(C)C)CS(=O)(=O)[C@H]1CO. The summed E-state index contributed by atoms with van der Waals surface area (Å²) in [5.41, 5.74) is 2.89. The van der Waals surface area contributed by atoms with E-state index in [4.69, 9.17) is 4.43 Å². The van der Waals surface area contributed by atoms with E-state index in [1.807, 2.05) is 48.5 Å². The van der Waals surface area contributed by atoms with E-state index < -0.39 is 36.1 Å². The fraction of sp³-hybridized carbons (Fsp3) is 0.389. The molecule has 6 nitrogen and oxygen atoms in total. The molecule has 1 aliphatic heterocycles. The Labute approximate surface area is 263 Å². The Morgan fingerprint density at radius 2 is 1.59 bits per heavy atom. The highest BCUT2D eigenvalue weighted by Crippen LogP contribution is 2.39. The van der Waals surface area contributed by atoms with Crippen LogP contribution in [0.25, 0.3) is 6.08 Å². The minimum absolute atomic E-state index is 0.0519. The Kier molecular flexibility index (Phi) is 11.1. The molecule has 2 atom stereocenters. The summed E-state index contributed by atoms with van der Waals surface area (Å²) in [7, 11) is -6.66. The maximum atomic E-state index is 13.3. The summed E-state index contributed by atoms with van der Waals surface area (Å²) in [5, 5.41) is 32.4. The smallest absolute Gasteiger partial charge is 0.261 e. The van der Waals surface area contributed by atoms with Crippen molar-refractivity contribution in [3.05, 3.63) is 107 Å². The first-order chi connectivity index (χ1) is 20.9. The van der Waals surface area contributed by atoms with Crippen LogP contribution in [0.1, 0.15) is 58.9 Å². The molecular weight excluding hydrogens is 589 g/mol. The highest BCUT2D eigenvalue weighted by molar-refractivity contribution is 7.92. The number of benzene rings is 3. The third-order valence-corrected chi connectivity index (χ3v) is 15.5. The lowest BCUT2D eigenvalue weighted by Crippen LogP contribution is -2.66. The van der Waals surface area contributed by atoms with E-state index in [9.17, 15) is 23.7 Å². The lowest BCUT2D eigenvalue weighted by atomic mass is 9.93. The summed E-state index contributed by atoms with van der Waals surface area (Å²) in [6, 6.07) is 27.3. The van der Waals surface area contributed by atoms with Crippen molar-refractivity contribution in [2.45, 2.75) is 69.8 Å². The van der Waals surface area contributed by atoms with Crippen molar-refractivity contribution in [2.24, 2.45) is 0 Å². The molecule has 0 bridgehead atoms. The van der Waals surface area contributed by atoms with Gasteiger partial charge in [-0.2, -0.15) is 0 Å². The molecular formula is C36H46O6SSi.